The van der Waals surface area contributed by atoms with Crippen molar-refractivity contribution < 1.29 is 4.74 Å². The van der Waals surface area contributed by atoms with Crippen molar-refractivity contribution in [3.8, 4) is 0 Å². The normalized spacial score (nSPS) is 25.8. The minimum absolute atomic E-state index is 0.167. The van der Waals surface area contributed by atoms with E-state index in [1.54, 1.807) is 7.11 Å². The topological polar surface area (TPSA) is 22.1 Å². The van der Waals surface area contributed by atoms with Crippen molar-refractivity contribution in [2.45, 2.75) is 18.9 Å². The summed E-state index contributed by atoms with van der Waals surface area (Å²) in [5.74, 6) is 2.16. The van der Waals surface area contributed by atoms with Crippen molar-refractivity contribution in [3.63, 3.8) is 0 Å². The summed E-state index contributed by atoms with van der Waals surface area (Å²) in [6.45, 7) is 2.08. The standard InChI is InChI=1S/C11H14BrNOS/c1-8-5-9(13-10(12)6-8)11(14-2)3-4-15-7-11/h5-6H,3-4,7H2,1-2H3. The molecule has 0 bridgehead atoms. The van der Waals surface area contributed by atoms with Crippen LogP contribution in [0.15, 0.2) is 16.7 Å². The number of thioether (sulfide) groups is 1. The summed E-state index contributed by atoms with van der Waals surface area (Å²) in [4.78, 5) is 4.54. The van der Waals surface area contributed by atoms with Crippen LogP contribution < -0.4 is 0 Å². The van der Waals surface area contributed by atoms with E-state index in [2.05, 4.69) is 33.9 Å². The largest absolute Gasteiger partial charge is 0.371 e. The third kappa shape index (κ3) is 2.22. The Kier molecular flexibility index (Phi) is 3.38. The average Bonchev–Trinajstić information content (AvgIpc) is 2.65. The Morgan fingerprint density at radius 2 is 2.33 bits per heavy atom. The molecule has 0 N–H and O–H groups in total. The van der Waals surface area contributed by atoms with Gasteiger partial charge in [-0.15, -0.1) is 0 Å². The van der Waals surface area contributed by atoms with Crippen LogP contribution in [0.1, 0.15) is 17.7 Å². The number of pyridine rings is 1. The second kappa shape index (κ2) is 4.44. The molecule has 1 atom stereocenters. The Morgan fingerprint density at radius 3 is 2.87 bits per heavy atom. The van der Waals surface area contributed by atoms with Crippen LogP contribution >= 0.6 is 27.7 Å². The Bertz CT molecular complexity index is 343. The smallest absolute Gasteiger partial charge is 0.119 e. The number of methoxy groups -OCH3 is 1. The highest BCUT2D eigenvalue weighted by Gasteiger charge is 2.37. The van der Waals surface area contributed by atoms with E-state index in [-0.39, 0.29) is 5.60 Å². The van der Waals surface area contributed by atoms with E-state index in [0.29, 0.717) is 0 Å². The van der Waals surface area contributed by atoms with Crippen molar-refractivity contribution in [2.75, 3.05) is 18.6 Å². The lowest BCUT2D eigenvalue weighted by atomic mass is 9.97. The van der Waals surface area contributed by atoms with E-state index >= 15 is 0 Å². The van der Waals surface area contributed by atoms with Crippen molar-refractivity contribution in [3.05, 3.63) is 28.0 Å². The summed E-state index contributed by atoms with van der Waals surface area (Å²) in [7, 11) is 1.78. The van der Waals surface area contributed by atoms with Gasteiger partial charge in [0, 0.05) is 12.9 Å². The van der Waals surface area contributed by atoms with Crippen LogP contribution in [-0.4, -0.2) is 23.6 Å². The molecule has 1 saturated heterocycles. The van der Waals surface area contributed by atoms with E-state index < -0.39 is 0 Å². The van der Waals surface area contributed by atoms with Gasteiger partial charge in [-0.25, -0.2) is 4.98 Å². The molecule has 1 aliphatic heterocycles. The molecule has 1 fully saturated rings. The SMILES string of the molecule is COC1(c2cc(C)cc(Br)n2)CCSC1. The average molecular weight is 288 g/mol. The van der Waals surface area contributed by atoms with Gasteiger partial charge in [-0.2, -0.15) is 11.8 Å². The van der Waals surface area contributed by atoms with Crippen LogP contribution in [0.5, 0.6) is 0 Å². The monoisotopic (exact) mass is 287 g/mol. The van der Waals surface area contributed by atoms with Crippen LogP contribution in [0.3, 0.4) is 0 Å². The van der Waals surface area contributed by atoms with Crippen LogP contribution in [0, 0.1) is 6.92 Å². The van der Waals surface area contributed by atoms with E-state index in [4.69, 9.17) is 4.74 Å². The number of hydrogen-bond acceptors (Lipinski definition) is 3. The van der Waals surface area contributed by atoms with E-state index in [1.807, 2.05) is 17.8 Å². The van der Waals surface area contributed by atoms with Gasteiger partial charge in [0.2, 0.25) is 0 Å². The molecule has 1 aliphatic rings. The fourth-order valence-corrected chi connectivity index (χ4v) is 3.78. The van der Waals surface area contributed by atoms with Crippen molar-refractivity contribution in [1.82, 2.24) is 4.98 Å². The Balaban J connectivity index is 2.42. The van der Waals surface area contributed by atoms with Gasteiger partial charge in [0.25, 0.3) is 0 Å². The Labute approximate surface area is 103 Å². The second-order valence-corrected chi connectivity index (χ2v) is 5.77. The number of aromatic nitrogens is 1. The van der Waals surface area contributed by atoms with Gasteiger partial charge < -0.3 is 4.74 Å². The number of aryl methyl sites for hydroxylation is 1. The highest BCUT2D eigenvalue weighted by atomic mass is 79.9. The lowest BCUT2D eigenvalue weighted by Crippen LogP contribution is -2.29. The zero-order valence-electron chi connectivity index (χ0n) is 8.92. The number of ether oxygens (including phenoxy) is 1. The third-order valence-corrected chi connectivity index (χ3v) is 4.35. The lowest BCUT2D eigenvalue weighted by Gasteiger charge is -2.26. The summed E-state index contributed by atoms with van der Waals surface area (Å²) in [5.41, 5.74) is 2.11. The molecular weight excluding hydrogens is 274 g/mol. The molecule has 0 radical (unpaired) electrons. The number of nitrogens with zero attached hydrogens (tertiary/aromatic N) is 1. The van der Waals surface area contributed by atoms with Crippen molar-refractivity contribution >= 4 is 27.7 Å². The third-order valence-electron chi connectivity index (χ3n) is 2.78. The number of hydrogen-bond donors (Lipinski definition) is 0. The summed E-state index contributed by atoms with van der Waals surface area (Å²) in [5, 5.41) is 0. The molecule has 0 spiro atoms. The number of halogens is 1. The van der Waals surface area contributed by atoms with Crippen LogP contribution in [0.4, 0.5) is 0 Å². The molecular formula is C11H14BrNOS. The van der Waals surface area contributed by atoms with Gasteiger partial charge in [0.05, 0.1) is 5.69 Å². The van der Waals surface area contributed by atoms with Gasteiger partial charge in [0.15, 0.2) is 0 Å². The first kappa shape index (κ1) is 11.4. The maximum Gasteiger partial charge on any atom is 0.119 e. The van der Waals surface area contributed by atoms with Gasteiger partial charge in [-0.3, -0.25) is 0 Å². The summed E-state index contributed by atoms with van der Waals surface area (Å²) >= 11 is 5.37. The maximum atomic E-state index is 5.69. The molecule has 82 valence electrons. The molecule has 4 heteroatoms. The molecule has 2 heterocycles. The second-order valence-electron chi connectivity index (χ2n) is 3.85. The van der Waals surface area contributed by atoms with Crippen LogP contribution in [-0.2, 0) is 10.3 Å². The Hall–Kier alpha value is -0.0600. The van der Waals surface area contributed by atoms with Crippen LogP contribution in [0.25, 0.3) is 0 Å². The zero-order valence-corrected chi connectivity index (χ0v) is 11.3. The Morgan fingerprint density at radius 1 is 1.53 bits per heavy atom. The molecule has 2 nitrogen and oxygen atoms in total. The lowest BCUT2D eigenvalue weighted by molar-refractivity contribution is 0.00522. The molecule has 2 rings (SSSR count). The van der Waals surface area contributed by atoms with Gasteiger partial charge >= 0.3 is 0 Å². The first-order chi connectivity index (χ1) is 7.16. The van der Waals surface area contributed by atoms with Gasteiger partial charge in [-0.05, 0) is 52.7 Å². The zero-order chi connectivity index (χ0) is 10.9. The molecule has 0 aliphatic carbocycles. The fraction of sp³-hybridized carbons (Fsp3) is 0.545. The molecule has 15 heavy (non-hydrogen) atoms. The highest BCUT2D eigenvalue weighted by Crippen LogP contribution is 2.39. The summed E-state index contributed by atoms with van der Waals surface area (Å²) in [6.07, 6.45) is 1.05. The molecule has 1 unspecified atom stereocenters. The van der Waals surface area contributed by atoms with Crippen molar-refractivity contribution in [1.29, 1.82) is 0 Å². The summed E-state index contributed by atoms with van der Waals surface area (Å²) in [6, 6.07) is 4.15. The van der Waals surface area contributed by atoms with Gasteiger partial charge in [0.1, 0.15) is 10.2 Å². The first-order valence-electron chi connectivity index (χ1n) is 4.94. The van der Waals surface area contributed by atoms with Gasteiger partial charge in [-0.1, -0.05) is 0 Å². The minimum Gasteiger partial charge on any atom is -0.371 e. The molecule has 1 aromatic rings. The quantitative estimate of drug-likeness (QED) is 0.781. The predicted molar refractivity (Wildman–Crippen MR) is 67.3 cm³/mol. The van der Waals surface area contributed by atoms with E-state index in [1.165, 1.54) is 5.56 Å². The number of rotatable bonds is 2. The predicted octanol–water partition coefficient (Wildman–Crippen LogP) is 3.13. The minimum atomic E-state index is -0.167. The summed E-state index contributed by atoms with van der Waals surface area (Å²) < 4.78 is 6.58. The molecule has 0 saturated carbocycles. The first-order valence-corrected chi connectivity index (χ1v) is 6.89. The molecule has 0 aromatic carbocycles. The van der Waals surface area contributed by atoms with E-state index in [9.17, 15) is 0 Å². The fourth-order valence-electron chi connectivity index (χ4n) is 1.87. The maximum absolute atomic E-state index is 5.69. The molecule has 0 amide bonds. The van der Waals surface area contributed by atoms with Crippen LogP contribution in [0.2, 0.25) is 0 Å². The highest BCUT2D eigenvalue weighted by molar-refractivity contribution is 9.10. The van der Waals surface area contributed by atoms with Crippen molar-refractivity contribution in [2.24, 2.45) is 0 Å². The molecule has 1 aromatic heterocycles. The van der Waals surface area contributed by atoms with E-state index in [0.717, 1.165) is 28.2 Å².